The quantitative estimate of drug-likeness (QED) is 0.775. The summed E-state index contributed by atoms with van der Waals surface area (Å²) in [4.78, 5) is 12.9. The molecule has 1 aliphatic rings. The smallest absolute Gasteiger partial charge is 0.270 e. The molecule has 0 saturated carbocycles. The maximum atomic E-state index is 11.6. The van der Waals surface area contributed by atoms with Crippen molar-refractivity contribution in [3.8, 4) is 0 Å². The summed E-state index contributed by atoms with van der Waals surface area (Å²) in [6.45, 7) is 1.07. The first kappa shape index (κ1) is 12.0. The van der Waals surface area contributed by atoms with Gasteiger partial charge < -0.3 is 5.32 Å². The molecule has 17 heavy (non-hydrogen) atoms. The Morgan fingerprint density at radius 3 is 3.12 bits per heavy atom. The molecular formula is C10H18N6O. The maximum Gasteiger partial charge on any atom is 0.270 e. The first-order valence-electron chi connectivity index (χ1n) is 6.01. The molecule has 1 atom stereocenters. The SMILES string of the molecule is Cn1nnc(NC(=O)CCC2CCCCN2)n1. The molecule has 1 fully saturated rings. The third-order valence-electron chi connectivity index (χ3n) is 2.89. The summed E-state index contributed by atoms with van der Waals surface area (Å²) in [5.74, 6) is 0.222. The van der Waals surface area contributed by atoms with Crippen molar-refractivity contribution in [3.63, 3.8) is 0 Å². The van der Waals surface area contributed by atoms with E-state index in [1.165, 1.54) is 17.6 Å². The highest BCUT2D eigenvalue weighted by Gasteiger charge is 2.14. The van der Waals surface area contributed by atoms with Gasteiger partial charge in [0.25, 0.3) is 5.95 Å². The van der Waals surface area contributed by atoms with Crippen LogP contribution in [-0.4, -0.2) is 38.7 Å². The molecule has 0 aromatic carbocycles. The molecule has 1 saturated heterocycles. The van der Waals surface area contributed by atoms with E-state index in [-0.39, 0.29) is 11.9 Å². The van der Waals surface area contributed by atoms with Crippen LogP contribution in [0.25, 0.3) is 0 Å². The zero-order valence-electron chi connectivity index (χ0n) is 10.0. The van der Waals surface area contributed by atoms with Crippen LogP contribution >= 0.6 is 0 Å². The Labute approximate surface area is 100.0 Å². The monoisotopic (exact) mass is 238 g/mol. The number of rotatable bonds is 4. The molecule has 2 heterocycles. The number of tetrazole rings is 1. The first-order valence-corrected chi connectivity index (χ1v) is 6.01. The van der Waals surface area contributed by atoms with Crippen LogP contribution in [0, 0.1) is 0 Å². The second-order valence-corrected chi connectivity index (χ2v) is 4.34. The molecule has 1 aromatic rings. The Kier molecular flexibility index (Phi) is 4.03. The number of hydrogen-bond acceptors (Lipinski definition) is 5. The highest BCUT2D eigenvalue weighted by atomic mass is 16.1. The summed E-state index contributed by atoms with van der Waals surface area (Å²) in [5, 5.41) is 17.3. The van der Waals surface area contributed by atoms with Crippen LogP contribution in [-0.2, 0) is 11.8 Å². The molecule has 0 bridgehead atoms. The molecule has 0 aliphatic carbocycles. The fourth-order valence-electron chi connectivity index (χ4n) is 2.00. The zero-order chi connectivity index (χ0) is 12.1. The summed E-state index contributed by atoms with van der Waals surface area (Å²) >= 11 is 0. The number of amides is 1. The lowest BCUT2D eigenvalue weighted by Gasteiger charge is -2.22. The molecule has 7 nitrogen and oxygen atoms in total. The molecule has 0 radical (unpaired) electrons. The Hall–Kier alpha value is -1.50. The summed E-state index contributed by atoms with van der Waals surface area (Å²) in [6.07, 6.45) is 5.02. The lowest BCUT2D eigenvalue weighted by molar-refractivity contribution is -0.116. The minimum Gasteiger partial charge on any atom is -0.314 e. The van der Waals surface area contributed by atoms with E-state index in [0.717, 1.165) is 19.4 Å². The van der Waals surface area contributed by atoms with Gasteiger partial charge in [-0.15, -0.1) is 5.10 Å². The fraction of sp³-hybridized carbons (Fsp3) is 0.800. The van der Waals surface area contributed by atoms with Gasteiger partial charge in [-0.3, -0.25) is 10.1 Å². The van der Waals surface area contributed by atoms with E-state index in [2.05, 4.69) is 26.0 Å². The molecular weight excluding hydrogens is 220 g/mol. The summed E-state index contributed by atoms with van der Waals surface area (Å²) < 4.78 is 0. The van der Waals surface area contributed by atoms with Gasteiger partial charge in [0.05, 0.1) is 7.05 Å². The lowest BCUT2D eigenvalue weighted by atomic mass is 10.0. The Morgan fingerprint density at radius 2 is 2.47 bits per heavy atom. The predicted octanol–water partition coefficient (Wildman–Crippen LogP) is 0.0709. The molecule has 1 aromatic heterocycles. The van der Waals surface area contributed by atoms with Gasteiger partial charge >= 0.3 is 0 Å². The van der Waals surface area contributed by atoms with E-state index in [0.29, 0.717) is 12.5 Å². The number of carbonyl (C=O) groups excluding carboxylic acids is 1. The van der Waals surface area contributed by atoms with Crippen LogP contribution in [0.5, 0.6) is 0 Å². The van der Waals surface area contributed by atoms with E-state index < -0.39 is 0 Å². The molecule has 0 spiro atoms. The van der Waals surface area contributed by atoms with Gasteiger partial charge in [0.1, 0.15) is 0 Å². The second-order valence-electron chi connectivity index (χ2n) is 4.34. The van der Waals surface area contributed by atoms with Crippen molar-refractivity contribution >= 4 is 11.9 Å². The highest BCUT2D eigenvalue weighted by molar-refractivity contribution is 5.88. The summed E-state index contributed by atoms with van der Waals surface area (Å²) in [6, 6.07) is 0.476. The van der Waals surface area contributed by atoms with Crippen LogP contribution in [0.15, 0.2) is 0 Å². The van der Waals surface area contributed by atoms with E-state index in [4.69, 9.17) is 0 Å². The number of nitrogens with zero attached hydrogens (tertiary/aromatic N) is 4. The van der Waals surface area contributed by atoms with Crippen molar-refractivity contribution in [1.29, 1.82) is 0 Å². The van der Waals surface area contributed by atoms with Gasteiger partial charge in [-0.2, -0.15) is 4.80 Å². The topological polar surface area (TPSA) is 84.7 Å². The van der Waals surface area contributed by atoms with Gasteiger partial charge in [0, 0.05) is 12.5 Å². The van der Waals surface area contributed by atoms with Crippen LogP contribution in [0.3, 0.4) is 0 Å². The number of piperidine rings is 1. The Balaban J connectivity index is 1.70. The lowest BCUT2D eigenvalue weighted by Crippen LogP contribution is -2.34. The minimum atomic E-state index is -0.0506. The molecule has 2 N–H and O–H groups in total. The highest BCUT2D eigenvalue weighted by Crippen LogP contribution is 2.12. The standard InChI is InChI=1S/C10H18N6O/c1-16-14-10(13-15-16)12-9(17)6-5-8-4-2-3-7-11-8/h8,11H,2-7H2,1H3,(H,12,14,17). The molecule has 94 valence electrons. The van der Waals surface area contributed by atoms with Gasteiger partial charge in [0.15, 0.2) is 0 Å². The van der Waals surface area contributed by atoms with Crippen molar-refractivity contribution in [2.45, 2.75) is 38.1 Å². The van der Waals surface area contributed by atoms with Crippen molar-refractivity contribution in [3.05, 3.63) is 0 Å². The third-order valence-corrected chi connectivity index (χ3v) is 2.89. The van der Waals surface area contributed by atoms with Crippen molar-refractivity contribution in [1.82, 2.24) is 25.5 Å². The average molecular weight is 238 g/mol. The molecule has 7 heteroatoms. The van der Waals surface area contributed by atoms with Gasteiger partial charge in [0.2, 0.25) is 5.91 Å². The van der Waals surface area contributed by atoms with Crippen molar-refractivity contribution < 1.29 is 4.79 Å². The largest absolute Gasteiger partial charge is 0.314 e. The third kappa shape index (κ3) is 3.77. The summed E-state index contributed by atoms with van der Waals surface area (Å²) in [7, 11) is 1.66. The van der Waals surface area contributed by atoms with Crippen LogP contribution in [0.1, 0.15) is 32.1 Å². The van der Waals surface area contributed by atoms with Crippen LogP contribution < -0.4 is 10.6 Å². The normalized spacial score (nSPS) is 20.2. The fourth-order valence-corrected chi connectivity index (χ4v) is 2.00. The summed E-state index contributed by atoms with van der Waals surface area (Å²) in [5.41, 5.74) is 0. The molecule has 1 unspecified atom stereocenters. The van der Waals surface area contributed by atoms with Gasteiger partial charge in [-0.25, -0.2) is 0 Å². The van der Waals surface area contributed by atoms with Gasteiger partial charge in [-0.1, -0.05) is 11.5 Å². The number of anilines is 1. The minimum absolute atomic E-state index is 0.0506. The van der Waals surface area contributed by atoms with Crippen molar-refractivity contribution in [2.75, 3.05) is 11.9 Å². The van der Waals surface area contributed by atoms with E-state index in [1.54, 1.807) is 7.05 Å². The number of carbonyl (C=O) groups is 1. The van der Waals surface area contributed by atoms with Gasteiger partial charge in [-0.05, 0) is 31.0 Å². The Bertz CT molecular complexity index is 371. The molecule has 1 amide bonds. The molecule has 1 aliphatic heterocycles. The molecule has 2 rings (SSSR count). The van der Waals surface area contributed by atoms with Crippen molar-refractivity contribution in [2.24, 2.45) is 7.05 Å². The van der Waals surface area contributed by atoms with E-state index >= 15 is 0 Å². The number of aromatic nitrogens is 4. The second kappa shape index (κ2) is 5.72. The maximum absolute atomic E-state index is 11.6. The van der Waals surface area contributed by atoms with Crippen LogP contribution in [0.2, 0.25) is 0 Å². The zero-order valence-corrected chi connectivity index (χ0v) is 10.0. The Morgan fingerprint density at radius 1 is 1.59 bits per heavy atom. The average Bonchev–Trinajstić information content (AvgIpc) is 2.73. The van der Waals surface area contributed by atoms with E-state index in [9.17, 15) is 4.79 Å². The van der Waals surface area contributed by atoms with E-state index in [1.807, 2.05) is 0 Å². The predicted molar refractivity (Wildman–Crippen MR) is 62.3 cm³/mol. The number of aryl methyl sites for hydroxylation is 1. The number of nitrogens with one attached hydrogen (secondary N) is 2. The van der Waals surface area contributed by atoms with Crippen LogP contribution in [0.4, 0.5) is 5.95 Å². The number of hydrogen-bond donors (Lipinski definition) is 2. The first-order chi connectivity index (χ1) is 8.24.